The van der Waals surface area contributed by atoms with Crippen molar-refractivity contribution >= 4 is 21.6 Å². The van der Waals surface area contributed by atoms with Crippen LogP contribution in [0.4, 0.5) is 5.69 Å². The first kappa shape index (κ1) is 19.4. The number of hydrogen-bond donors (Lipinski definition) is 1. The van der Waals surface area contributed by atoms with Gasteiger partial charge in [-0.05, 0) is 37.7 Å². The van der Waals surface area contributed by atoms with E-state index in [9.17, 15) is 13.2 Å². The Labute approximate surface area is 139 Å². The summed E-state index contributed by atoms with van der Waals surface area (Å²) in [5.41, 5.74) is 1.62. The fraction of sp³-hybridized carbons (Fsp3) is 0.562. The Morgan fingerprint density at radius 2 is 1.74 bits per heavy atom. The number of rotatable bonds is 8. The zero-order valence-electron chi connectivity index (χ0n) is 14.5. The number of benzene rings is 1. The maximum atomic E-state index is 12.0. The molecule has 0 saturated heterocycles. The summed E-state index contributed by atoms with van der Waals surface area (Å²) in [6.45, 7) is 5.11. The van der Waals surface area contributed by atoms with Crippen LogP contribution in [0, 0.1) is 0 Å². The van der Waals surface area contributed by atoms with E-state index in [0.29, 0.717) is 24.7 Å². The van der Waals surface area contributed by atoms with Crippen LogP contribution < -0.4 is 9.62 Å². The SMILES string of the molecule is CC(C)c1ccc(N(CC(=O)NCCN(C)C)S(C)(=O)=O)cc1. The minimum Gasteiger partial charge on any atom is -0.353 e. The lowest BCUT2D eigenvalue weighted by atomic mass is 10.0. The molecule has 0 saturated carbocycles. The Balaban J connectivity index is 2.83. The maximum Gasteiger partial charge on any atom is 0.240 e. The maximum absolute atomic E-state index is 12.0. The van der Waals surface area contributed by atoms with Gasteiger partial charge in [0.05, 0.1) is 11.9 Å². The third-order valence-corrected chi connectivity index (χ3v) is 4.56. The van der Waals surface area contributed by atoms with Crippen molar-refractivity contribution in [3.05, 3.63) is 29.8 Å². The van der Waals surface area contributed by atoms with E-state index < -0.39 is 10.0 Å². The minimum absolute atomic E-state index is 0.215. The van der Waals surface area contributed by atoms with Gasteiger partial charge in [0, 0.05) is 13.1 Å². The van der Waals surface area contributed by atoms with Gasteiger partial charge in [-0.15, -0.1) is 0 Å². The second-order valence-electron chi connectivity index (χ2n) is 6.17. The first-order valence-electron chi connectivity index (χ1n) is 7.60. The van der Waals surface area contributed by atoms with Crippen molar-refractivity contribution in [3.63, 3.8) is 0 Å². The van der Waals surface area contributed by atoms with Gasteiger partial charge < -0.3 is 10.2 Å². The van der Waals surface area contributed by atoms with Crippen molar-refractivity contribution in [2.24, 2.45) is 0 Å². The molecule has 0 aliphatic heterocycles. The largest absolute Gasteiger partial charge is 0.353 e. The van der Waals surface area contributed by atoms with Crippen LogP contribution in [0.3, 0.4) is 0 Å². The van der Waals surface area contributed by atoms with E-state index in [4.69, 9.17) is 0 Å². The molecule has 1 rings (SSSR count). The summed E-state index contributed by atoms with van der Waals surface area (Å²) in [7, 11) is 0.291. The number of sulfonamides is 1. The van der Waals surface area contributed by atoms with Crippen LogP contribution in [-0.2, 0) is 14.8 Å². The normalized spacial score (nSPS) is 11.8. The molecule has 0 atom stereocenters. The van der Waals surface area contributed by atoms with E-state index in [1.165, 1.54) is 0 Å². The Hall–Kier alpha value is -1.60. The van der Waals surface area contributed by atoms with E-state index in [2.05, 4.69) is 19.2 Å². The Morgan fingerprint density at radius 3 is 2.17 bits per heavy atom. The van der Waals surface area contributed by atoms with Crippen LogP contribution in [0.25, 0.3) is 0 Å². The average molecular weight is 341 g/mol. The van der Waals surface area contributed by atoms with Gasteiger partial charge >= 0.3 is 0 Å². The molecule has 0 radical (unpaired) electrons. The second-order valence-corrected chi connectivity index (χ2v) is 8.08. The van der Waals surface area contributed by atoms with Crippen LogP contribution in [0.1, 0.15) is 25.3 Å². The molecule has 0 aromatic heterocycles. The first-order chi connectivity index (χ1) is 10.6. The van der Waals surface area contributed by atoms with Crippen LogP contribution in [-0.4, -0.2) is 59.2 Å². The number of nitrogens with one attached hydrogen (secondary N) is 1. The summed E-state index contributed by atoms with van der Waals surface area (Å²) < 4.78 is 25.1. The molecule has 0 aliphatic rings. The molecule has 0 unspecified atom stereocenters. The number of amides is 1. The topological polar surface area (TPSA) is 69.7 Å². The Kier molecular flexibility index (Phi) is 7.02. The van der Waals surface area contributed by atoms with Gasteiger partial charge in [0.25, 0.3) is 0 Å². The number of nitrogens with zero attached hydrogens (tertiary/aromatic N) is 2. The molecule has 7 heteroatoms. The molecule has 1 aromatic carbocycles. The quantitative estimate of drug-likeness (QED) is 0.773. The minimum atomic E-state index is -3.53. The van der Waals surface area contributed by atoms with Gasteiger partial charge in [-0.25, -0.2) is 8.42 Å². The van der Waals surface area contributed by atoms with Gasteiger partial charge in [-0.1, -0.05) is 26.0 Å². The average Bonchev–Trinajstić information content (AvgIpc) is 2.43. The zero-order valence-corrected chi connectivity index (χ0v) is 15.4. The monoisotopic (exact) mass is 341 g/mol. The molecule has 0 bridgehead atoms. The van der Waals surface area contributed by atoms with E-state index in [1.54, 1.807) is 12.1 Å². The predicted octanol–water partition coefficient (Wildman–Crippen LogP) is 1.25. The van der Waals surface area contributed by atoms with Crippen molar-refractivity contribution in [3.8, 4) is 0 Å². The highest BCUT2D eigenvalue weighted by molar-refractivity contribution is 7.92. The highest BCUT2D eigenvalue weighted by Crippen LogP contribution is 2.21. The molecule has 1 amide bonds. The number of likely N-dealkylation sites (N-methyl/N-ethyl adjacent to an activating group) is 1. The molecule has 1 N–H and O–H groups in total. The van der Waals surface area contributed by atoms with Gasteiger partial charge in [-0.3, -0.25) is 9.10 Å². The Bertz CT molecular complexity index is 610. The van der Waals surface area contributed by atoms with Gasteiger partial charge in [0.15, 0.2) is 0 Å². The molecule has 0 spiro atoms. The summed E-state index contributed by atoms with van der Waals surface area (Å²) >= 11 is 0. The first-order valence-corrected chi connectivity index (χ1v) is 9.45. The number of carbonyl (C=O) groups excluding carboxylic acids is 1. The zero-order chi connectivity index (χ0) is 17.6. The second kappa shape index (κ2) is 8.31. The van der Waals surface area contributed by atoms with E-state index in [-0.39, 0.29) is 12.5 Å². The molecule has 0 heterocycles. The summed E-state index contributed by atoms with van der Waals surface area (Å²) in [5.74, 6) is 0.0512. The van der Waals surface area contributed by atoms with Crippen molar-refractivity contribution in [2.45, 2.75) is 19.8 Å². The number of carbonyl (C=O) groups is 1. The summed E-state index contributed by atoms with van der Waals surface area (Å²) in [6.07, 6.45) is 1.11. The van der Waals surface area contributed by atoms with Crippen molar-refractivity contribution in [2.75, 3.05) is 44.3 Å². The van der Waals surface area contributed by atoms with Gasteiger partial charge in [-0.2, -0.15) is 0 Å². The van der Waals surface area contributed by atoms with Crippen molar-refractivity contribution in [1.29, 1.82) is 0 Å². The summed E-state index contributed by atoms with van der Waals surface area (Å²) in [6, 6.07) is 7.26. The van der Waals surface area contributed by atoms with Gasteiger partial charge in [0.1, 0.15) is 6.54 Å². The smallest absolute Gasteiger partial charge is 0.240 e. The lowest BCUT2D eigenvalue weighted by molar-refractivity contribution is -0.119. The molecular formula is C16H27N3O3S. The van der Waals surface area contributed by atoms with Crippen LogP contribution >= 0.6 is 0 Å². The number of hydrogen-bond acceptors (Lipinski definition) is 4. The molecule has 23 heavy (non-hydrogen) atoms. The Morgan fingerprint density at radius 1 is 1.17 bits per heavy atom. The van der Waals surface area contributed by atoms with E-state index in [1.807, 2.05) is 31.1 Å². The van der Waals surface area contributed by atoms with Gasteiger partial charge in [0.2, 0.25) is 15.9 Å². The third kappa shape index (κ3) is 6.58. The molecule has 130 valence electrons. The fourth-order valence-corrected chi connectivity index (χ4v) is 2.89. The molecule has 1 aromatic rings. The van der Waals surface area contributed by atoms with Crippen molar-refractivity contribution < 1.29 is 13.2 Å². The standard InChI is InChI=1S/C16H27N3O3S/c1-13(2)14-6-8-15(9-7-14)19(23(5,21)22)12-16(20)17-10-11-18(3)4/h6-9,13H,10-12H2,1-5H3,(H,17,20). The lowest BCUT2D eigenvalue weighted by Gasteiger charge is -2.22. The van der Waals surface area contributed by atoms with E-state index >= 15 is 0 Å². The molecule has 0 aliphatic carbocycles. The lowest BCUT2D eigenvalue weighted by Crippen LogP contribution is -2.42. The van der Waals surface area contributed by atoms with Crippen LogP contribution in [0.2, 0.25) is 0 Å². The van der Waals surface area contributed by atoms with Crippen LogP contribution in [0.5, 0.6) is 0 Å². The van der Waals surface area contributed by atoms with Crippen LogP contribution in [0.15, 0.2) is 24.3 Å². The third-order valence-electron chi connectivity index (χ3n) is 3.42. The summed E-state index contributed by atoms with van der Waals surface area (Å²) in [4.78, 5) is 13.9. The number of anilines is 1. The molecular weight excluding hydrogens is 314 g/mol. The molecule has 0 fully saturated rings. The predicted molar refractivity (Wildman–Crippen MR) is 94.3 cm³/mol. The summed E-state index contributed by atoms with van der Waals surface area (Å²) in [5, 5.41) is 2.73. The highest BCUT2D eigenvalue weighted by Gasteiger charge is 2.20. The fourth-order valence-electron chi connectivity index (χ4n) is 2.03. The van der Waals surface area contributed by atoms with Crippen molar-refractivity contribution in [1.82, 2.24) is 10.2 Å². The highest BCUT2D eigenvalue weighted by atomic mass is 32.2. The molecule has 6 nitrogen and oxygen atoms in total. The van der Waals surface area contributed by atoms with E-state index in [0.717, 1.165) is 16.1 Å².